The van der Waals surface area contributed by atoms with Gasteiger partial charge >= 0.3 is 0 Å². The van der Waals surface area contributed by atoms with Gasteiger partial charge in [0, 0.05) is 62.1 Å². The fourth-order valence-electron chi connectivity index (χ4n) is 14.8. The molecule has 33 nitrogen and oxygen atoms in total. The first-order chi connectivity index (χ1) is 51.6. The van der Waals surface area contributed by atoms with E-state index in [1.54, 1.807) is 41.5 Å². The van der Waals surface area contributed by atoms with Gasteiger partial charge in [0.2, 0.25) is 82.7 Å². The van der Waals surface area contributed by atoms with Gasteiger partial charge in [0.15, 0.2) is 5.96 Å². The first kappa shape index (κ1) is 90.4. The lowest BCUT2D eigenvalue weighted by atomic mass is 9.81. The minimum Gasteiger partial charge on any atom is -0.394 e. The van der Waals surface area contributed by atoms with Gasteiger partial charge in [-0.3, -0.25) is 72.1 Å². The third-order valence-electron chi connectivity index (χ3n) is 22.1. The molecule has 35 heteroatoms. The molecule has 7 aliphatic rings. The highest BCUT2D eigenvalue weighted by Gasteiger charge is 2.49. The van der Waals surface area contributed by atoms with Crippen LogP contribution in [-0.4, -0.2) is 249 Å². The van der Waals surface area contributed by atoms with Crippen LogP contribution in [0, 0.1) is 35.0 Å². The van der Waals surface area contributed by atoms with Crippen molar-refractivity contribution >= 4 is 110 Å². The Balaban J connectivity index is 1.49. The van der Waals surface area contributed by atoms with E-state index >= 15 is 28.8 Å². The van der Waals surface area contributed by atoms with Gasteiger partial charge in [0.05, 0.1) is 13.2 Å². The number of carbonyl (C=O) groups excluding carboxylic acids is 14. The summed E-state index contributed by atoms with van der Waals surface area (Å²) in [5, 5.41) is 52.5. The summed E-state index contributed by atoms with van der Waals surface area (Å²) in [6.45, 7) is 18.3. The number of hydrogen-bond acceptors (Lipinski definition) is 19. The Morgan fingerprint density at radius 2 is 1.01 bits per heavy atom. The van der Waals surface area contributed by atoms with Crippen LogP contribution in [0.4, 0.5) is 0 Å². The lowest BCUT2D eigenvalue weighted by Crippen LogP contribution is -2.64. The van der Waals surface area contributed by atoms with Crippen LogP contribution in [0.3, 0.4) is 0 Å². The predicted octanol–water partition coefficient (Wildman–Crippen LogP) is -0.278. The zero-order valence-electron chi connectivity index (χ0n) is 65.7. The van der Waals surface area contributed by atoms with E-state index in [0.717, 1.165) is 21.6 Å². The van der Waals surface area contributed by atoms with Crippen LogP contribution < -0.4 is 70.0 Å². The molecule has 1 saturated carbocycles. The number of rotatable bonds is 13. The average molecular weight is 1570 g/mol. The predicted molar refractivity (Wildman–Crippen MR) is 412 cm³/mol. The molecule has 0 radical (unpaired) electrons. The van der Waals surface area contributed by atoms with E-state index in [1.807, 2.05) is 34.6 Å². The quantitative estimate of drug-likeness (QED) is 0.0488. The van der Waals surface area contributed by atoms with E-state index in [2.05, 4.69) is 63.5 Å². The molecule has 6 saturated heterocycles. The highest BCUT2D eigenvalue weighted by atomic mass is 33.1. The Morgan fingerprint density at radius 1 is 0.514 bits per heavy atom. The highest BCUT2D eigenvalue weighted by Crippen LogP contribution is 2.40. The zero-order valence-corrected chi connectivity index (χ0v) is 67.3. The van der Waals surface area contributed by atoms with Crippen LogP contribution >= 0.6 is 21.6 Å². The Hall–Kier alpha value is -7.53. The zero-order chi connectivity index (χ0) is 80.6. The lowest BCUT2D eigenvalue weighted by Gasteiger charge is -2.37. The number of hydrogen-bond donors (Lipinski definition) is 15. The maximum absolute atomic E-state index is 15.7. The number of carbonyl (C=O) groups is 14. The molecule has 614 valence electrons. The number of fused-ring (bicyclic) bond motifs is 20. The van der Waals surface area contributed by atoms with Crippen molar-refractivity contribution in [3.63, 3.8) is 0 Å². The molecule has 0 spiro atoms. The van der Waals surface area contributed by atoms with Gasteiger partial charge in [-0.1, -0.05) is 110 Å². The SMILES string of the molecule is CC[C@H](C)[C@@H]1NC(=O)C2CCC(CC2)CNC(=O)CCCCCNC(=O)[C@@H]2CCCN2C(=O)[C@H]([C@@H](C)CC)NC(=O)[C@H]2NC(=O)[C@H]([C@@H](C)CC)NC(=O)[C@@H]3CCCN3C(=O)[C@@H]3CCCN3C(=O)[C@H](CC(C)(C)C)NC(=O)[C@H](CO)NC(=O)[C@H](CCCN=C(N)N)NC(=O)[C@H](CO)NC(=O)[C@H](CSSC2(C)C)NC1=O. The molecule has 0 aromatic carbocycles. The average Bonchev–Trinajstić information content (AvgIpc) is 1.71. The molecule has 1 aliphatic carbocycles. The maximum atomic E-state index is 15.7. The second kappa shape index (κ2) is 42.8. The van der Waals surface area contributed by atoms with Crippen molar-refractivity contribution < 1.29 is 77.3 Å². The Morgan fingerprint density at radius 3 is 1.58 bits per heavy atom. The number of aliphatic imine (C=N–C) groups is 1. The summed E-state index contributed by atoms with van der Waals surface area (Å²) in [4.78, 5) is 214. The van der Waals surface area contributed by atoms with Crippen LogP contribution in [-0.2, 0) is 67.1 Å². The van der Waals surface area contributed by atoms with Crippen molar-refractivity contribution in [1.82, 2.24) is 73.2 Å². The molecule has 15 atom stereocenters. The minimum absolute atomic E-state index is 0.00416. The van der Waals surface area contributed by atoms with E-state index < -0.39 is 190 Å². The Labute approximate surface area is 649 Å². The molecule has 6 aliphatic heterocycles. The third kappa shape index (κ3) is 26.0. The second-order valence-corrected chi connectivity index (χ2v) is 35.1. The van der Waals surface area contributed by atoms with Crippen molar-refractivity contribution in [2.24, 2.45) is 51.5 Å². The Bertz CT molecular complexity index is 3220. The number of guanidine groups is 1. The van der Waals surface area contributed by atoms with Crippen LogP contribution in [0.15, 0.2) is 4.99 Å². The fraction of sp³-hybridized carbons (Fsp3) is 0.797. The summed E-state index contributed by atoms with van der Waals surface area (Å²) in [6.07, 6.45) is 7.00. The summed E-state index contributed by atoms with van der Waals surface area (Å²) >= 11 is 0. The molecule has 0 aromatic rings. The topological polar surface area (TPSA) is 486 Å². The summed E-state index contributed by atoms with van der Waals surface area (Å²) < 4.78 is -1.49. The van der Waals surface area contributed by atoms with Crippen molar-refractivity contribution in [1.29, 1.82) is 0 Å². The van der Waals surface area contributed by atoms with Gasteiger partial charge < -0.3 is 94.9 Å². The lowest BCUT2D eigenvalue weighted by molar-refractivity contribution is -0.148. The molecule has 4 bridgehead atoms. The Kier molecular flexibility index (Phi) is 35.4. The van der Waals surface area contributed by atoms with E-state index in [0.29, 0.717) is 103 Å². The molecular formula is C74H125N17O16S2. The van der Waals surface area contributed by atoms with Gasteiger partial charge in [-0.2, -0.15) is 0 Å². The van der Waals surface area contributed by atoms with Crippen LogP contribution in [0.2, 0.25) is 0 Å². The monoisotopic (exact) mass is 1570 g/mol. The van der Waals surface area contributed by atoms with Crippen LogP contribution in [0.25, 0.3) is 0 Å². The van der Waals surface area contributed by atoms with Crippen LogP contribution in [0.5, 0.6) is 0 Å². The van der Waals surface area contributed by atoms with E-state index in [-0.39, 0.29) is 94.1 Å². The van der Waals surface area contributed by atoms with Gasteiger partial charge in [0.25, 0.3) is 0 Å². The van der Waals surface area contributed by atoms with Gasteiger partial charge in [-0.25, -0.2) is 0 Å². The second-order valence-electron chi connectivity index (χ2n) is 32.1. The maximum Gasteiger partial charge on any atom is 0.246 e. The standard InChI is InChI=1S/C74H125N17O16S2/c1-12-41(4)55-66(102)84-50-40-108-109-74(10,11)58(68(104)87-57(43(6)14-3)71(107)90-34-19-23-51(90)64(100)77-31-17-15-16-26-54(94)79-37-44-27-29-45(30-28-44)59(95)85-55)88-67(103)56(42(5)13-2)86-65(101)52-24-20-33-89(52)70(106)53-25-21-35-91(53)69(105)47(36-73(7,8)9)81-62(98)49(39-93)82-60(96)46(22-18-32-78-72(75)76)80-61(97)48(38-92)83-63(50)99/h41-53,55-58,92-93H,12-40H2,1-11H3,(H,77,100)(H,79,94)(H,80,97)(H,81,98)(H,82,96)(H,83,99)(H,84,102)(H,85,95)(H,86,101)(H,87,104)(H,88,103)(H4,75,76,78)/t41-,42-,43-,44?,45?,46-,47-,48-,49-,50-,51-,52-,53-,55-,56-,57-,58+/m0/s1. The number of aliphatic hydroxyl groups is 2. The molecule has 6 heterocycles. The normalized spacial score (nSPS) is 30.6. The van der Waals surface area contributed by atoms with E-state index in [4.69, 9.17) is 11.5 Å². The number of nitrogens with one attached hydrogen (secondary N) is 11. The first-order valence-electron chi connectivity index (χ1n) is 39.4. The van der Waals surface area contributed by atoms with Gasteiger partial charge in [-0.15, -0.1) is 0 Å². The molecule has 17 N–H and O–H groups in total. The number of aliphatic hydroxyl groups excluding tert-OH is 2. The summed E-state index contributed by atoms with van der Waals surface area (Å²) in [6, 6.07) is -16.7. The number of amides is 14. The number of nitrogens with two attached hydrogens (primary N) is 2. The van der Waals surface area contributed by atoms with E-state index in [9.17, 15) is 48.6 Å². The fourth-order valence-corrected chi connectivity index (χ4v) is 17.6. The smallest absolute Gasteiger partial charge is 0.246 e. The molecule has 109 heavy (non-hydrogen) atoms. The molecule has 7 fully saturated rings. The van der Waals surface area contributed by atoms with Crippen molar-refractivity contribution in [2.75, 3.05) is 58.2 Å². The molecule has 0 unspecified atom stereocenters. The first-order valence-corrected chi connectivity index (χ1v) is 41.7. The van der Waals surface area contributed by atoms with Crippen LogP contribution in [0.1, 0.15) is 205 Å². The molecule has 14 amide bonds. The number of nitrogens with zero attached hydrogens (tertiary/aromatic N) is 4. The summed E-state index contributed by atoms with van der Waals surface area (Å²) in [7, 11) is 1.94. The summed E-state index contributed by atoms with van der Waals surface area (Å²) in [5.41, 5.74) is 10.6. The molecule has 0 aromatic heterocycles. The molecule has 7 rings (SSSR count). The summed E-state index contributed by atoms with van der Waals surface area (Å²) in [5.74, 6) is -12.8. The highest BCUT2D eigenvalue weighted by molar-refractivity contribution is 8.77. The third-order valence-corrected chi connectivity index (χ3v) is 25.4. The van der Waals surface area contributed by atoms with Crippen molar-refractivity contribution in [3.8, 4) is 0 Å². The van der Waals surface area contributed by atoms with Crippen molar-refractivity contribution in [3.05, 3.63) is 0 Å². The minimum atomic E-state index is -1.87. The van der Waals surface area contributed by atoms with Crippen molar-refractivity contribution in [2.45, 2.75) is 282 Å². The van der Waals surface area contributed by atoms with Gasteiger partial charge in [-0.05, 0) is 139 Å². The van der Waals surface area contributed by atoms with Gasteiger partial charge in [0.1, 0.15) is 72.5 Å². The molecular weight excluding hydrogens is 1450 g/mol. The largest absolute Gasteiger partial charge is 0.394 e. The van der Waals surface area contributed by atoms with E-state index in [1.165, 1.54) is 14.7 Å².